The Balaban J connectivity index is 1.58. The van der Waals surface area contributed by atoms with E-state index in [4.69, 9.17) is 5.73 Å². The van der Waals surface area contributed by atoms with Crippen molar-refractivity contribution < 1.29 is 9.90 Å². The van der Waals surface area contributed by atoms with Gasteiger partial charge >= 0.3 is 0 Å². The molecule has 0 aliphatic heterocycles. The number of nitrogens with one attached hydrogen (secondary N) is 2. The number of hydrogen-bond acceptors (Lipinski definition) is 6. The predicted octanol–water partition coefficient (Wildman–Crippen LogP) is 2.48. The maximum atomic E-state index is 11.2. The van der Waals surface area contributed by atoms with Gasteiger partial charge in [0.2, 0.25) is 5.91 Å². The summed E-state index contributed by atoms with van der Waals surface area (Å²) in [6.07, 6.45) is 2.34. The summed E-state index contributed by atoms with van der Waals surface area (Å²) in [6, 6.07) is 13.9. The van der Waals surface area contributed by atoms with E-state index in [1.807, 2.05) is 12.1 Å². The number of hydrogen-bond donors (Lipinski definition) is 4. The molecule has 140 valence electrons. The first-order valence-electron chi connectivity index (χ1n) is 8.73. The molecular weight excluding hydrogens is 356 g/mol. The summed E-state index contributed by atoms with van der Waals surface area (Å²) in [5, 5.41) is 12.7. The first-order valence-corrected chi connectivity index (χ1v) is 8.73. The second-order valence-corrected chi connectivity index (χ2v) is 6.28. The van der Waals surface area contributed by atoms with Crippen molar-refractivity contribution in [1.29, 1.82) is 0 Å². The minimum Gasteiger partial charge on any atom is -0.508 e. The van der Waals surface area contributed by atoms with Gasteiger partial charge in [-0.05, 0) is 36.2 Å². The molecule has 4 rings (SSSR count). The second-order valence-electron chi connectivity index (χ2n) is 6.28. The molecule has 0 saturated carbocycles. The highest BCUT2D eigenvalue weighted by Crippen LogP contribution is 2.23. The van der Waals surface area contributed by atoms with E-state index in [0.717, 1.165) is 23.1 Å². The molecule has 0 unspecified atom stereocenters. The zero-order valence-corrected chi connectivity index (χ0v) is 14.9. The van der Waals surface area contributed by atoms with Gasteiger partial charge in [-0.2, -0.15) is 0 Å². The van der Waals surface area contributed by atoms with Gasteiger partial charge in [0.1, 0.15) is 11.3 Å². The van der Waals surface area contributed by atoms with Crippen LogP contribution in [0.4, 0.5) is 5.82 Å². The van der Waals surface area contributed by atoms with Gasteiger partial charge in [-0.15, -0.1) is 0 Å². The number of H-pyrrole nitrogens is 1. The fourth-order valence-electron chi connectivity index (χ4n) is 2.86. The zero-order chi connectivity index (χ0) is 19.5. The number of aromatic nitrogens is 4. The third-order valence-electron chi connectivity index (χ3n) is 4.36. The third-order valence-corrected chi connectivity index (χ3v) is 4.36. The molecule has 0 atom stereocenters. The summed E-state index contributed by atoms with van der Waals surface area (Å²) in [6.45, 7) is 0.649. The first-order chi connectivity index (χ1) is 13.6. The van der Waals surface area contributed by atoms with Crippen LogP contribution in [0.15, 0.2) is 54.9 Å². The molecule has 0 spiro atoms. The summed E-state index contributed by atoms with van der Waals surface area (Å²) in [5.41, 5.74) is 8.85. The van der Waals surface area contributed by atoms with E-state index < -0.39 is 5.91 Å². The minimum atomic E-state index is -0.480. The van der Waals surface area contributed by atoms with Gasteiger partial charge in [0.25, 0.3) is 0 Å². The van der Waals surface area contributed by atoms with Gasteiger partial charge in [-0.3, -0.25) is 4.79 Å². The highest BCUT2D eigenvalue weighted by molar-refractivity contribution is 5.93. The van der Waals surface area contributed by atoms with Crippen LogP contribution >= 0.6 is 0 Å². The fraction of sp³-hybridized carbons (Fsp3) is 0.100. The molecular formula is C20H18N6O2. The van der Waals surface area contributed by atoms with Crippen LogP contribution in [0.25, 0.3) is 22.6 Å². The van der Waals surface area contributed by atoms with E-state index >= 15 is 0 Å². The number of imidazole rings is 1. The highest BCUT2D eigenvalue weighted by Gasteiger charge is 2.12. The smallest absolute Gasteiger partial charge is 0.248 e. The Kier molecular flexibility index (Phi) is 4.59. The van der Waals surface area contributed by atoms with Crippen molar-refractivity contribution in [2.24, 2.45) is 5.73 Å². The molecule has 28 heavy (non-hydrogen) atoms. The average Bonchev–Trinajstić information content (AvgIpc) is 3.18. The number of primary amides is 1. The maximum absolute atomic E-state index is 11.2. The van der Waals surface area contributed by atoms with Gasteiger partial charge in [0.15, 0.2) is 17.3 Å². The molecule has 0 fully saturated rings. The van der Waals surface area contributed by atoms with E-state index in [0.29, 0.717) is 29.4 Å². The molecule has 1 amide bonds. The minimum absolute atomic E-state index is 0.249. The summed E-state index contributed by atoms with van der Waals surface area (Å²) >= 11 is 0. The summed E-state index contributed by atoms with van der Waals surface area (Å²) in [7, 11) is 0. The van der Waals surface area contributed by atoms with Gasteiger partial charge in [0, 0.05) is 17.7 Å². The van der Waals surface area contributed by atoms with Crippen LogP contribution in [0.2, 0.25) is 0 Å². The summed E-state index contributed by atoms with van der Waals surface area (Å²) in [5.74, 6) is 0.920. The number of benzene rings is 2. The van der Waals surface area contributed by atoms with E-state index in [9.17, 15) is 9.90 Å². The SMILES string of the molecule is NC(=O)c1ccc(-c2nc(NCCc3ccc(O)cc3)c3[nH]cnc3n2)cc1. The van der Waals surface area contributed by atoms with Gasteiger partial charge < -0.3 is 21.1 Å². The van der Waals surface area contributed by atoms with Crippen molar-refractivity contribution in [3.05, 3.63) is 66.0 Å². The van der Waals surface area contributed by atoms with Crippen molar-refractivity contribution in [2.45, 2.75) is 6.42 Å². The number of anilines is 1. The lowest BCUT2D eigenvalue weighted by Crippen LogP contribution is -2.10. The van der Waals surface area contributed by atoms with Crippen LogP contribution in [-0.4, -0.2) is 37.5 Å². The molecule has 8 heteroatoms. The van der Waals surface area contributed by atoms with Crippen molar-refractivity contribution >= 4 is 22.9 Å². The maximum Gasteiger partial charge on any atom is 0.248 e. The summed E-state index contributed by atoms with van der Waals surface area (Å²) < 4.78 is 0. The van der Waals surface area contributed by atoms with Crippen LogP contribution < -0.4 is 11.1 Å². The van der Waals surface area contributed by atoms with Crippen LogP contribution in [0.5, 0.6) is 5.75 Å². The number of phenols is 1. The number of rotatable bonds is 6. The van der Waals surface area contributed by atoms with Gasteiger partial charge in [-0.25, -0.2) is 15.0 Å². The Morgan fingerprint density at radius 1 is 1.07 bits per heavy atom. The van der Waals surface area contributed by atoms with Crippen molar-refractivity contribution in [3.8, 4) is 17.1 Å². The molecule has 2 aromatic carbocycles. The summed E-state index contributed by atoms with van der Waals surface area (Å²) in [4.78, 5) is 27.6. The second kappa shape index (κ2) is 7.36. The Morgan fingerprint density at radius 2 is 1.82 bits per heavy atom. The Morgan fingerprint density at radius 3 is 2.54 bits per heavy atom. The van der Waals surface area contributed by atoms with Crippen molar-refractivity contribution in [1.82, 2.24) is 19.9 Å². The van der Waals surface area contributed by atoms with Crippen LogP contribution in [0.3, 0.4) is 0 Å². The third kappa shape index (κ3) is 3.61. The molecule has 0 bridgehead atoms. The zero-order valence-electron chi connectivity index (χ0n) is 14.9. The lowest BCUT2D eigenvalue weighted by atomic mass is 10.1. The van der Waals surface area contributed by atoms with Crippen LogP contribution in [-0.2, 0) is 6.42 Å². The Labute approximate surface area is 160 Å². The quantitative estimate of drug-likeness (QED) is 0.410. The number of fused-ring (bicyclic) bond motifs is 1. The molecule has 8 nitrogen and oxygen atoms in total. The first kappa shape index (κ1) is 17.5. The molecule has 5 N–H and O–H groups in total. The Bertz CT molecular complexity index is 1120. The van der Waals surface area contributed by atoms with Crippen LogP contribution in [0, 0.1) is 0 Å². The largest absolute Gasteiger partial charge is 0.508 e. The number of amides is 1. The van der Waals surface area contributed by atoms with E-state index in [2.05, 4.69) is 25.3 Å². The Hall–Kier alpha value is -3.94. The number of aromatic amines is 1. The molecule has 2 aromatic heterocycles. The van der Waals surface area contributed by atoms with E-state index in [-0.39, 0.29) is 5.75 Å². The molecule has 0 radical (unpaired) electrons. The van der Waals surface area contributed by atoms with Crippen LogP contribution in [0.1, 0.15) is 15.9 Å². The monoisotopic (exact) mass is 374 g/mol. The number of carbonyl (C=O) groups excluding carboxylic acids is 1. The number of phenolic OH excluding ortho intramolecular Hbond substituents is 1. The number of nitrogens with zero attached hydrogens (tertiary/aromatic N) is 3. The predicted molar refractivity (Wildman–Crippen MR) is 106 cm³/mol. The molecule has 2 heterocycles. The molecule has 0 saturated heterocycles. The molecule has 4 aromatic rings. The van der Waals surface area contributed by atoms with Crippen molar-refractivity contribution in [2.75, 3.05) is 11.9 Å². The lowest BCUT2D eigenvalue weighted by Gasteiger charge is -2.09. The molecule has 0 aliphatic rings. The van der Waals surface area contributed by atoms with E-state index in [1.54, 1.807) is 42.7 Å². The fourth-order valence-corrected chi connectivity index (χ4v) is 2.86. The normalized spacial score (nSPS) is 10.9. The number of nitrogens with two attached hydrogens (primary N) is 1. The highest BCUT2D eigenvalue weighted by atomic mass is 16.3. The van der Waals surface area contributed by atoms with Gasteiger partial charge in [0.05, 0.1) is 6.33 Å². The number of aromatic hydroxyl groups is 1. The topological polar surface area (TPSA) is 130 Å². The van der Waals surface area contributed by atoms with E-state index in [1.165, 1.54) is 0 Å². The average molecular weight is 374 g/mol. The molecule has 0 aliphatic carbocycles. The standard InChI is InChI=1S/C20H18N6O2/c21-17(28)13-3-5-14(6-4-13)18-25-19(16-20(26-18)24-11-23-16)22-10-9-12-1-7-15(27)8-2-12/h1-8,11,27H,9-10H2,(H2,21,28)(H2,22,23,24,25,26). The lowest BCUT2D eigenvalue weighted by molar-refractivity contribution is 0.100. The number of carbonyl (C=O) groups is 1. The van der Waals surface area contributed by atoms with Crippen molar-refractivity contribution in [3.63, 3.8) is 0 Å². The van der Waals surface area contributed by atoms with Gasteiger partial charge in [-0.1, -0.05) is 24.3 Å².